The van der Waals surface area contributed by atoms with E-state index in [-0.39, 0.29) is 16.8 Å². The van der Waals surface area contributed by atoms with Gasteiger partial charge in [-0.25, -0.2) is 0 Å². The lowest BCUT2D eigenvalue weighted by atomic mass is 9.64. The Hall–Kier alpha value is -2.46. The van der Waals surface area contributed by atoms with E-state index in [2.05, 4.69) is 0 Å². The van der Waals surface area contributed by atoms with Crippen molar-refractivity contribution in [1.29, 1.82) is 0 Å². The first-order valence-electron chi connectivity index (χ1n) is 9.05. The Balaban J connectivity index is 2.26. The Morgan fingerprint density at radius 3 is 2.26 bits per heavy atom. The molecule has 0 saturated heterocycles. The maximum absolute atomic E-state index is 12.3. The third-order valence-electron chi connectivity index (χ3n) is 5.44. The Kier molecular flexibility index (Phi) is 5.76. The van der Waals surface area contributed by atoms with Gasteiger partial charge in [0.05, 0.1) is 11.8 Å². The molecule has 140 valence electrons. The molecule has 0 N–H and O–H groups in total. The zero-order chi connectivity index (χ0) is 19.6. The highest BCUT2D eigenvalue weighted by atomic mass is 35.5. The molecule has 0 fully saturated rings. The van der Waals surface area contributed by atoms with Crippen molar-refractivity contribution in [2.75, 3.05) is 0 Å². The minimum Gasteiger partial charge on any atom is -0.298 e. The van der Waals surface area contributed by atoms with Crippen molar-refractivity contribution >= 4 is 17.9 Å². The lowest BCUT2D eigenvalue weighted by molar-refractivity contribution is -0.532. The minimum atomic E-state index is -0.968. The maximum Gasteiger partial charge on any atom is 0.231 e. The molecule has 0 radical (unpaired) electrons. The summed E-state index contributed by atoms with van der Waals surface area (Å²) in [6, 6.07) is 15.6. The number of hydrogen-bond acceptors (Lipinski definition) is 3. The summed E-state index contributed by atoms with van der Waals surface area (Å²) in [5.74, 6) is -1.04. The van der Waals surface area contributed by atoms with Gasteiger partial charge in [-0.3, -0.25) is 14.9 Å². The fourth-order valence-electron chi connectivity index (χ4n) is 4.22. The van der Waals surface area contributed by atoms with Crippen LogP contribution in [0.4, 0.5) is 0 Å². The summed E-state index contributed by atoms with van der Waals surface area (Å²) in [6.07, 6.45) is 2.69. The number of carbonyl (C=O) groups excluding carboxylic acids is 1. The van der Waals surface area contributed by atoms with Gasteiger partial charge in [-0.1, -0.05) is 80.1 Å². The molecule has 0 spiro atoms. The van der Waals surface area contributed by atoms with Crippen LogP contribution in [-0.2, 0) is 4.79 Å². The Morgan fingerprint density at radius 2 is 1.70 bits per heavy atom. The summed E-state index contributed by atoms with van der Waals surface area (Å²) in [7, 11) is 0. The molecule has 1 aliphatic rings. The molecule has 0 bridgehead atoms. The summed E-state index contributed by atoms with van der Waals surface area (Å²) in [5.41, 5.74) is 2.02. The number of allylic oxidation sites excluding steroid dienone is 1. The Morgan fingerprint density at radius 1 is 1.07 bits per heavy atom. The average molecular weight is 384 g/mol. The van der Waals surface area contributed by atoms with Crippen LogP contribution in [0.3, 0.4) is 0 Å². The van der Waals surface area contributed by atoms with E-state index in [1.54, 1.807) is 6.07 Å². The summed E-state index contributed by atoms with van der Waals surface area (Å²) < 4.78 is 0. The Labute approximate surface area is 164 Å². The number of halogens is 1. The van der Waals surface area contributed by atoms with Crippen molar-refractivity contribution in [3.05, 3.63) is 92.5 Å². The van der Waals surface area contributed by atoms with Crippen LogP contribution >= 0.6 is 11.6 Å². The van der Waals surface area contributed by atoms with E-state index >= 15 is 0 Å². The number of benzene rings is 2. The minimum absolute atomic E-state index is 0.125. The summed E-state index contributed by atoms with van der Waals surface area (Å²) in [5, 5.41) is 12.8. The van der Waals surface area contributed by atoms with Crippen molar-refractivity contribution in [2.24, 2.45) is 11.8 Å². The van der Waals surface area contributed by atoms with Gasteiger partial charge in [-0.05, 0) is 29.0 Å². The second kappa shape index (κ2) is 8.05. The van der Waals surface area contributed by atoms with Gasteiger partial charge in [0.2, 0.25) is 6.04 Å². The van der Waals surface area contributed by atoms with Gasteiger partial charge in [-0.2, -0.15) is 0 Å². The lowest BCUT2D eigenvalue weighted by Crippen LogP contribution is -2.43. The quantitative estimate of drug-likeness (QED) is 0.401. The molecule has 2 aromatic carbocycles. The number of rotatable bonds is 5. The van der Waals surface area contributed by atoms with Crippen molar-refractivity contribution in [3.63, 3.8) is 0 Å². The molecule has 4 nitrogen and oxygen atoms in total. The van der Waals surface area contributed by atoms with Gasteiger partial charge in [0.1, 0.15) is 6.29 Å². The van der Waals surface area contributed by atoms with Crippen molar-refractivity contribution < 1.29 is 9.72 Å². The van der Waals surface area contributed by atoms with Gasteiger partial charge in [0.25, 0.3) is 0 Å². The first kappa shape index (κ1) is 19.3. The molecule has 0 amide bonds. The van der Waals surface area contributed by atoms with Gasteiger partial charge in [0.15, 0.2) is 0 Å². The first-order valence-corrected chi connectivity index (χ1v) is 9.43. The molecular formula is C22H22ClNO3. The second-order valence-electron chi connectivity index (χ2n) is 7.32. The van der Waals surface area contributed by atoms with E-state index in [4.69, 9.17) is 11.6 Å². The number of hydrogen-bond donors (Lipinski definition) is 0. The number of aldehydes is 1. The van der Waals surface area contributed by atoms with Crippen molar-refractivity contribution in [3.8, 4) is 0 Å². The van der Waals surface area contributed by atoms with Gasteiger partial charge in [0, 0.05) is 15.5 Å². The molecule has 0 heterocycles. The zero-order valence-electron chi connectivity index (χ0n) is 15.3. The van der Waals surface area contributed by atoms with Gasteiger partial charge in [-0.15, -0.1) is 0 Å². The third-order valence-corrected chi connectivity index (χ3v) is 5.78. The topological polar surface area (TPSA) is 60.2 Å². The highest BCUT2D eigenvalue weighted by Crippen LogP contribution is 2.49. The molecule has 27 heavy (non-hydrogen) atoms. The maximum atomic E-state index is 12.3. The van der Waals surface area contributed by atoms with Crippen molar-refractivity contribution in [2.45, 2.75) is 31.7 Å². The van der Waals surface area contributed by atoms with Crippen LogP contribution in [0.2, 0.25) is 5.02 Å². The van der Waals surface area contributed by atoms with Crippen LogP contribution in [0.5, 0.6) is 0 Å². The summed E-state index contributed by atoms with van der Waals surface area (Å²) in [6.45, 7) is 4.04. The summed E-state index contributed by atoms with van der Waals surface area (Å²) >= 11 is 6.45. The fourth-order valence-corrected chi connectivity index (χ4v) is 4.48. The molecule has 4 atom stereocenters. The normalized spacial score (nSPS) is 25.1. The first-order chi connectivity index (χ1) is 13.0. The van der Waals surface area contributed by atoms with E-state index < -0.39 is 17.9 Å². The monoisotopic (exact) mass is 383 g/mol. The third kappa shape index (κ3) is 3.67. The van der Waals surface area contributed by atoms with Crippen LogP contribution in [0.25, 0.3) is 0 Å². The van der Waals surface area contributed by atoms with E-state index in [9.17, 15) is 14.9 Å². The van der Waals surface area contributed by atoms with E-state index in [0.717, 1.165) is 17.4 Å². The molecule has 1 aliphatic carbocycles. The smallest absolute Gasteiger partial charge is 0.231 e. The van der Waals surface area contributed by atoms with Crippen molar-refractivity contribution in [1.82, 2.24) is 0 Å². The van der Waals surface area contributed by atoms with Crippen LogP contribution in [0.1, 0.15) is 36.8 Å². The SMILES string of the molecule is CC(C)C1C=C(C=O)C(c2ccccc2)C([N+](=O)[O-])C1c1ccccc1Cl. The van der Waals surface area contributed by atoms with Crippen LogP contribution < -0.4 is 0 Å². The van der Waals surface area contributed by atoms with Gasteiger partial charge >= 0.3 is 0 Å². The molecular weight excluding hydrogens is 362 g/mol. The number of nitrogens with zero attached hydrogens (tertiary/aromatic N) is 1. The molecule has 2 aromatic rings. The van der Waals surface area contributed by atoms with Crippen LogP contribution in [0, 0.1) is 22.0 Å². The van der Waals surface area contributed by atoms with Gasteiger partial charge < -0.3 is 0 Å². The van der Waals surface area contributed by atoms with E-state index in [1.165, 1.54) is 0 Å². The number of nitro groups is 1. The van der Waals surface area contributed by atoms with E-state index in [0.29, 0.717) is 10.6 Å². The molecule has 4 unspecified atom stereocenters. The average Bonchev–Trinajstić information content (AvgIpc) is 2.67. The molecule has 3 rings (SSSR count). The second-order valence-corrected chi connectivity index (χ2v) is 7.72. The zero-order valence-corrected chi connectivity index (χ0v) is 16.0. The summed E-state index contributed by atoms with van der Waals surface area (Å²) in [4.78, 5) is 23.9. The standard InChI is InChI=1S/C22H22ClNO3/c1-14(2)18-12-16(13-25)20(15-8-4-3-5-9-15)22(24(26)27)21(18)17-10-6-7-11-19(17)23/h3-14,18,20-22H,1-2H3. The predicted molar refractivity (Wildman–Crippen MR) is 107 cm³/mol. The van der Waals surface area contributed by atoms with Crippen LogP contribution in [-0.4, -0.2) is 17.3 Å². The lowest BCUT2D eigenvalue weighted by Gasteiger charge is -2.39. The molecule has 0 aromatic heterocycles. The molecule has 0 saturated carbocycles. The van der Waals surface area contributed by atoms with Crippen LogP contribution in [0.15, 0.2) is 66.2 Å². The molecule has 0 aliphatic heterocycles. The molecule has 5 heteroatoms. The predicted octanol–water partition coefficient (Wildman–Crippen LogP) is 5.26. The number of carbonyl (C=O) groups is 1. The highest BCUT2D eigenvalue weighted by molar-refractivity contribution is 6.31. The fraction of sp³-hybridized carbons (Fsp3) is 0.318. The largest absolute Gasteiger partial charge is 0.298 e. The highest BCUT2D eigenvalue weighted by Gasteiger charge is 2.50. The van der Waals surface area contributed by atoms with E-state index in [1.807, 2.05) is 68.5 Å². The Bertz CT molecular complexity index is 863.